The number of hydrogen-bond donors (Lipinski definition) is 2. The van der Waals surface area contributed by atoms with Gasteiger partial charge in [-0.2, -0.15) is 0 Å². The van der Waals surface area contributed by atoms with Crippen LogP contribution in [-0.2, 0) is 9.59 Å². The van der Waals surface area contributed by atoms with Gasteiger partial charge in [0.2, 0.25) is 11.8 Å². The van der Waals surface area contributed by atoms with Gasteiger partial charge in [0.05, 0.1) is 11.6 Å². The zero-order valence-electron chi connectivity index (χ0n) is 11.9. The molecule has 0 bridgehead atoms. The summed E-state index contributed by atoms with van der Waals surface area (Å²) in [5.74, 6) is -0.803. The van der Waals surface area contributed by atoms with Crippen molar-refractivity contribution in [3.8, 4) is 5.69 Å². The quantitative estimate of drug-likeness (QED) is 0.911. The Hall–Kier alpha value is -2.63. The third-order valence-corrected chi connectivity index (χ3v) is 3.73. The fourth-order valence-electron chi connectivity index (χ4n) is 2.48. The van der Waals surface area contributed by atoms with E-state index >= 15 is 0 Å². The molecular weight excluding hydrogens is 285 g/mol. The molecule has 0 aliphatic carbocycles. The van der Waals surface area contributed by atoms with Gasteiger partial charge >= 0.3 is 0 Å². The lowest BCUT2D eigenvalue weighted by atomic mass is 9.98. The second kappa shape index (κ2) is 6.01. The van der Waals surface area contributed by atoms with E-state index in [1.54, 1.807) is 35.2 Å². The first-order chi connectivity index (χ1) is 10.6. The molecule has 0 radical (unpaired) electrons. The summed E-state index contributed by atoms with van der Waals surface area (Å²) in [7, 11) is 0. The molecule has 2 amide bonds. The molecular formula is C16H16FN3O2. The molecule has 22 heavy (non-hydrogen) atoms. The summed E-state index contributed by atoms with van der Waals surface area (Å²) < 4.78 is 15.5. The van der Waals surface area contributed by atoms with E-state index in [2.05, 4.69) is 10.6 Å². The molecule has 0 saturated carbocycles. The van der Waals surface area contributed by atoms with Gasteiger partial charge in [-0.1, -0.05) is 0 Å². The molecule has 1 unspecified atom stereocenters. The number of piperidine rings is 1. The summed E-state index contributed by atoms with van der Waals surface area (Å²) in [6.07, 6.45) is 4.36. The van der Waals surface area contributed by atoms with E-state index < -0.39 is 0 Å². The molecule has 1 aromatic carbocycles. The minimum Gasteiger partial charge on any atom is -0.355 e. The number of aromatic nitrogens is 1. The van der Waals surface area contributed by atoms with Crippen LogP contribution in [0.1, 0.15) is 12.8 Å². The van der Waals surface area contributed by atoms with E-state index in [1.807, 2.05) is 0 Å². The van der Waals surface area contributed by atoms with E-state index in [9.17, 15) is 14.0 Å². The van der Waals surface area contributed by atoms with Crippen LogP contribution in [0.15, 0.2) is 42.7 Å². The van der Waals surface area contributed by atoms with Crippen LogP contribution in [0.25, 0.3) is 5.69 Å². The van der Waals surface area contributed by atoms with Gasteiger partial charge in [0.1, 0.15) is 5.82 Å². The summed E-state index contributed by atoms with van der Waals surface area (Å²) >= 11 is 0. The van der Waals surface area contributed by atoms with Crippen molar-refractivity contribution in [3.63, 3.8) is 0 Å². The van der Waals surface area contributed by atoms with Gasteiger partial charge in [-0.25, -0.2) is 4.39 Å². The number of carbonyl (C=O) groups excluding carboxylic acids is 2. The Morgan fingerprint density at radius 3 is 2.77 bits per heavy atom. The van der Waals surface area contributed by atoms with Crippen LogP contribution in [-0.4, -0.2) is 22.9 Å². The zero-order valence-corrected chi connectivity index (χ0v) is 11.9. The molecule has 5 nitrogen and oxygen atoms in total. The summed E-state index contributed by atoms with van der Waals surface area (Å²) in [6.45, 7) is 0.344. The van der Waals surface area contributed by atoms with Gasteiger partial charge < -0.3 is 15.2 Å². The van der Waals surface area contributed by atoms with Gasteiger partial charge in [0, 0.05) is 31.0 Å². The van der Waals surface area contributed by atoms with Crippen molar-refractivity contribution in [2.75, 3.05) is 11.9 Å². The van der Waals surface area contributed by atoms with Crippen molar-refractivity contribution in [2.24, 2.45) is 5.92 Å². The lowest BCUT2D eigenvalue weighted by Crippen LogP contribution is -2.40. The second-order valence-electron chi connectivity index (χ2n) is 5.29. The Bertz CT molecular complexity index is 687. The number of anilines is 1. The standard InChI is InChI=1S/C16H16FN3O2/c17-13-5-4-12(9-14(13)20-7-1-2-8-20)19-16(22)11-3-6-15(21)18-10-11/h1-2,4-5,7-9,11H,3,6,10H2,(H,18,21)(H,19,22). The average Bonchev–Trinajstić information content (AvgIpc) is 3.04. The molecule has 0 spiro atoms. The smallest absolute Gasteiger partial charge is 0.229 e. The summed E-state index contributed by atoms with van der Waals surface area (Å²) in [4.78, 5) is 23.3. The highest BCUT2D eigenvalue weighted by atomic mass is 19.1. The van der Waals surface area contributed by atoms with Crippen molar-refractivity contribution < 1.29 is 14.0 Å². The average molecular weight is 301 g/mol. The first-order valence-electron chi connectivity index (χ1n) is 7.14. The predicted octanol–water partition coefficient (Wildman–Crippen LogP) is 2.08. The monoisotopic (exact) mass is 301 g/mol. The van der Waals surface area contributed by atoms with Gasteiger partial charge in [-0.15, -0.1) is 0 Å². The van der Waals surface area contributed by atoms with Crippen LogP contribution >= 0.6 is 0 Å². The zero-order chi connectivity index (χ0) is 15.5. The maximum atomic E-state index is 13.9. The molecule has 6 heteroatoms. The van der Waals surface area contributed by atoms with Crippen LogP contribution < -0.4 is 10.6 Å². The normalized spacial score (nSPS) is 17.9. The fourth-order valence-corrected chi connectivity index (χ4v) is 2.48. The summed E-state index contributed by atoms with van der Waals surface area (Å²) in [6, 6.07) is 8.05. The molecule has 3 rings (SSSR count). The van der Waals surface area contributed by atoms with Crippen molar-refractivity contribution in [2.45, 2.75) is 12.8 Å². The Balaban J connectivity index is 1.74. The minimum absolute atomic E-state index is 0.0271. The predicted molar refractivity (Wildman–Crippen MR) is 80.1 cm³/mol. The van der Waals surface area contributed by atoms with E-state index in [4.69, 9.17) is 0 Å². The molecule has 2 heterocycles. The van der Waals surface area contributed by atoms with Crippen molar-refractivity contribution in [1.29, 1.82) is 0 Å². The highest BCUT2D eigenvalue weighted by molar-refractivity contribution is 5.94. The number of hydrogen-bond acceptors (Lipinski definition) is 2. The number of nitrogens with zero attached hydrogens (tertiary/aromatic N) is 1. The van der Waals surface area contributed by atoms with Crippen molar-refractivity contribution in [3.05, 3.63) is 48.5 Å². The number of carbonyl (C=O) groups is 2. The molecule has 1 aliphatic heterocycles. The van der Waals surface area contributed by atoms with E-state index in [0.29, 0.717) is 30.8 Å². The molecule has 1 aromatic heterocycles. The van der Waals surface area contributed by atoms with Gasteiger partial charge in [-0.05, 0) is 36.8 Å². The minimum atomic E-state index is -0.362. The third-order valence-electron chi connectivity index (χ3n) is 3.73. The number of nitrogens with one attached hydrogen (secondary N) is 2. The van der Waals surface area contributed by atoms with Crippen LogP contribution in [0.4, 0.5) is 10.1 Å². The topological polar surface area (TPSA) is 63.1 Å². The second-order valence-corrected chi connectivity index (χ2v) is 5.29. The molecule has 1 aliphatic rings. The molecule has 114 valence electrons. The Kier molecular flexibility index (Phi) is 3.91. The molecule has 1 saturated heterocycles. The van der Waals surface area contributed by atoms with Gasteiger partial charge in [0.25, 0.3) is 0 Å². The van der Waals surface area contributed by atoms with Crippen molar-refractivity contribution in [1.82, 2.24) is 9.88 Å². The van der Waals surface area contributed by atoms with E-state index in [0.717, 1.165) is 0 Å². The van der Waals surface area contributed by atoms with Crippen LogP contribution in [0, 0.1) is 11.7 Å². The van der Waals surface area contributed by atoms with Gasteiger partial charge in [-0.3, -0.25) is 9.59 Å². The molecule has 1 fully saturated rings. The van der Waals surface area contributed by atoms with E-state index in [-0.39, 0.29) is 23.5 Å². The van der Waals surface area contributed by atoms with Crippen LogP contribution in [0.2, 0.25) is 0 Å². The van der Waals surface area contributed by atoms with Gasteiger partial charge in [0.15, 0.2) is 0 Å². The molecule has 1 atom stereocenters. The van der Waals surface area contributed by atoms with Crippen molar-refractivity contribution >= 4 is 17.5 Å². The highest BCUT2D eigenvalue weighted by Gasteiger charge is 2.24. The SMILES string of the molecule is O=C1CCC(C(=O)Nc2ccc(F)c(-n3cccc3)c2)CN1. The fraction of sp³-hybridized carbons (Fsp3) is 0.250. The number of benzene rings is 1. The lowest BCUT2D eigenvalue weighted by molar-refractivity contribution is -0.126. The number of amides is 2. The van der Waals surface area contributed by atoms with Crippen LogP contribution in [0.5, 0.6) is 0 Å². The maximum absolute atomic E-state index is 13.9. The largest absolute Gasteiger partial charge is 0.355 e. The summed E-state index contributed by atoms with van der Waals surface area (Å²) in [5, 5.41) is 5.46. The maximum Gasteiger partial charge on any atom is 0.229 e. The van der Waals surface area contributed by atoms with E-state index in [1.165, 1.54) is 12.1 Å². The Labute approximate surface area is 127 Å². The molecule has 2 aromatic rings. The summed E-state index contributed by atoms with van der Waals surface area (Å²) in [5.41, 5.74) is 0.909. The molecule has 2 N–H and O–H groups in total. The Morgan fingerprint density at radius 1 is 1.32 bits per heavy atom. The first kappa shape index (κ1) is 14.3. The van der Waals surface area contributed by atoms with Crippen LogP contribution in [0.3, 0.4) is 0 Å². The Morgan fingerprint density at radius 2 is 2.09 bits per heavy atom. The highest BCUT2D eigenvalue weighted by Crippen LogP contribution is 2.20. The lowest BCUT2D eigenvalue weighted by Gasteiger charge is -2.21. The number of rotatable bonds is 3. The first-order valence-corrected chi connectivity index (χ1v) is 7.14. The third kappa shape index (κ3) is 3.00. The number of halogens is 1.